The van der Waals surface area contributed by atoms with E-state index in [1.165, 1.54) is 25.7 Å². The lowest BCUT2D eigenvalue weighted by atomic mass is 9.43. The molecule has 5 aliphatic carbocycles. The fraction of sp³-hybridized carbons (Fsp3) is 0.962. The maximum Gasteiger partial charge on any atom is 0.306 e. The van der Waals surface area contributed by atoms with Crippen molar-refractivity contribution in [2.45, 2.75) is 97.2 Å². The van der Waals surface area contributed by atoms with Crippen molar-refractivity contribution in [3.05, 3.63) is 0 Å². The fourth-order valence-corrected chi connectivity index (χ4v) is 9.86. The third kappa shape index (κ3) is 2.88. The maximum absolute atomic E-state index is 11.6. The van der Waals surface area contributed by atoms with Crippen molar-refractivity contribution in [1.29, 1.82) is 0 Å². The number of aliphatic hydroxyl groups excluding tert-OH is 2. The Labute approximate surface area is 181 Å². The maximum atomic E-state index is 11.6. The molecule has 30 heavy (non-hydrogen) atoms. The van der Waals surface area contributed by atoms with Crippen LogP contribution in [0.1, 0.15) is 85.0 Å². The van der Waals surface area contributed by atoms with E-state index in [0.29, 0.717) is 41.4 Å². The average molecular weight is 419 g/mol. The lowest BCUT2D eigenvalue weighted by Crippen LogP contribution is -2.59. The molecule has 170 valence electrons. The van der Waals surface area contributed by atoms with Gasteiger partial charge in [0.2, 0.25) is 0 Å². The summed E-state index contributed by atoms with van der Waals surface area (Å²) in [6.07, 6.45) is 10.1. The first kappa shape index (κ1) is 21.2. The molecule has 3 N–H and O–H groups in total. The van der Waals surface area contributed by atoms with E-state index in [2.05, 4.69) is 20.8 Å². The van der Waals surface area contributed by atoms with Crippen LogP contribution >= 0.6 is 0 Å². The van der Waals surface area contributed by atoms with Crippen LogP contribution in [0.15, 0.2) is 0 Å². The van der Waals surface area contributed by atoms with Gasteiger partial charge in [0.15, 0.2) is 0 Å². The summed E-state index contributed by atoms with van der Waals surface area (Å²) in [7, 11) is 0. The highest BCUT2D eigenvalue weighted by molar-refractivity contribution is 5.71. The van der Waals surface area contributed by atoms with E-state index in [1.807, 2.05) is 0 Å². The Morgan fingerprint density at radius 1 is 0.900 bits per heavy atom. The molecule has 0 aromatic carbocycles. The highest BCUT2D eigenvalue weighted by atomic mass is 16.4. The fourth-order valence-electron chi connectivity index (χ4n) is 9.86. The molecule has 5 fully saturated rings. The summed E-state index contributed by atoms with van der Waals surface area (Å²) in [6.45, 7) is 7.29. The number of rotatable bonds is 3. The van der Waals surface area contributed by atoms with Gasteiger partial charge in [0.1, 0.15) is 0 Å². The van der Waals surface area contributed by atoms with Crippen molar-refractivity contribution in [3.63, 3.8) is 0 Å². The second kappa shape index (κ2) is 7.20. The van der Waals surface area contributed by atoms with Crippen LogP contribution in [0.3, 0.4) is 0 Å². The predicted octanol–water partition coefficient (Wildman–Crippen LogP) is 4.72. The highest BCUT2D eigenvalue weighted by Gasteiger charge is 2.63. The van der Waals surface area contributed by atoms with Crippen LogP contribution in [0.4, 0.5) is 0 Å². The summed E-state index contributed by atoms with van der Waals surface area (Å²) in [5, 5.41) is 31.2. The monoisotopic (exact) mass is 418 g/mol. The van der Waals surface area contributed by atoms with Gasteiger partial charge >= 0.3 is 5.97 Å². The van der Waals surface area contributed by atoms with E-state index in [1.54, 1.807) is 0 Å². The smallest absolute Gasteiger partial charge is 0.306 e. The van der Waals surface area contributed by atoms with Crippen LogP contribution < -0.4 is 0 Å². The van der Waals surface area contributed by atoms with E-state index in [-0.39, 0.29) is 29.0 Å². The Morgan fingerprint density at radius 3 is 2.27 bits per heavy atom. The quantitative estimate of drug-likeness (QED) is 0.619. The van der Waals surface area contributed by atoms with Gasteiger partial charge < -0.3 is 15.3 Å². The van der Waals surface area contributed by atoms with E-state index >= 15 is 0 Å². The highest BCUT2D eigenvalue weighted by Crippen LogP contribution is 2.69. The Hall–Kier alpha value is -0.610. The lowest BCUT2D eigenvalue weighted by Gasteiger charge is -2.62. The van der Waals surface area contributed by atoms with Gasteiger partial charge in [-0.25, -0.2) is 0 Å². The standard InChI is InChI=1S/C26H42O4/c1-14(17-4-5-18(17)24(29)30)19-6-7-20-23-21(9-11-26(19,20)3)25(2)10-8-16(27)12-15(25)13-22(23)28/h14-23,27-28H,4-13H2,1-3H3,(H,29,30). The number of carbonyl (C=O) groups is 1. The Morgan fingerprint density at radius 2 is 1.60 bits per heavy atom. The second-order valence-electron chi connectivity index (χ2n) is 12.5. The van der Waals surface area contributed by atoms with Gasteiger partial charge in [-0.15, -0.1) is 0 Å². The van der Waals surface area contributed by atoms with Crippen LogP contribution in [-0.4, -0.2) is 33.5 Å². The minimum atomic E-state index is -0.595. The molecule has 0 aromatic rings. The van der Waals surface area contributed by atoms with Gasteiger partial charge in [-0.1, -0.05) is 20.8 Å². The Bertz CT molecular complexity index is 693. The second-order valence-corrected chi connectivity index (χ2v) is 12.5. The van der Waals surface area contributed by atoms with Crippen LogP contribution in [0, 0.1) is 58.2 Å². The van der Waals surface area contributed by atoms with Gasteiger partial charge in [-0.3, -0.25) is 4.79 Å². The van der Waals surface area contributed by atoms with Gasteiger partial charge in [0.25, 0.3) is 0 Å². The summed E-state index contributed by atoms with van der Waals surface area (Å²) in [5.74, 6) is 2.71. The summed E-state index contributed by atoms with van der Waals surface area (Å²) < 4.78 is 0. The summed E-state index contributed by atoms with van der Waals surface area (Å²) >= 11 is 0. The summed E-state index contributed by atoms with van der Waals surface area (Å²) in [5.41, 5.74) is 0.522. The number of fused-ring (bicyclic) bond motifs is 5. The number of hydrogen-bond acceptors (Lipinski definition) is 3. The number of aliphatic carboxylic acids is 1. The van der Waals surface area contributed by atoms with Gasteiger partial charge in [-0.05, 0) is 116 Å². The van der Waals surface area contributed by atoms with Crippen molar-refractivity contribution in [2.24, 2.45) is 58.2 Å². The first-order chi connectivity index (χ1) is 14.2. The molecular formula is C26H42O4. The third-order valence-electron chi connectivity index (χ3n) is 11.7. The first-order valence-corrected chi connectivity index (χ1v) is 12.8. The zero-order valence-corrected chi connectivity index (χ0v) is 19.1. The molecule has 5 rings (SSSR count). The van der Waals surface area contributed by atoms with E-state index in [0.717, 1.165) is 38.5 Å². The van der Waals surface area contributed by atoms with Crippen LogP contribution in [0.25, 0.3) is 0 Å². The van der Waals surface area contributed by atoms with Crippen molar-refractivity contribution < 1.29 is 20.1 Å². The van der Waals surface area contributed by atoms with E-state index in [9.17, 15) is 20.1 Å². The molecule has 0 saturated heterocycles. The Kier molecular flexibility index (Phi) is 5.10. The molecule has 0 heterocycles. The van der Waals surface area contributed by atoms with Crippen LogP contribution in [0.5, 0.6) is 0 Å². The molecule has 0 aliphatic heterocycles. The SMILES string of the molecule is CC(C1CCC1C(=O)O)C1CCC2C3C(O)CC4CC(O)CCC4(C)C3CCC12C. The normalized spacial score (nSPS) is 56.2. The molecule has 0 aromatic heterocycles. The molecule has 0 radical (unpaired) electrons. The van der Waals surface area contributed by atoms with Crippen molar-refractivity contribution in [2.75, 3.05) is 0 Å². The zero-order valence-electron chi connectivity index (χ0n) is 19.1. The molecule has 4 nitrogen and oxygen atoms in total. The number of hydrogen-bond donors (Lipinski definition) is 3. The van der Waals surface area contributed by atoms with Crippen LogP contribution in [0.2, 0.25) is 0 Å². The van der Waals surface area contributed by atoms with Gasteiger partial charge in [0.05, 0.1) is 18.1 Å². The molecule has 12 unspecified atom stereocenters. The number of carboxylic acids is 1. The number of aliphatic hydroxyl groups is 2. The minimum Gasteiger partial charge on any atom is -0.481 e. The molecule has 5 saturated carbocycles. The summed E-state index contributed by atoms with van der Waals surface area (Å²) in [4.78, 5) is 11.6. The van der Waals surface area contributed by atoms with E-state index < -0.39 is 5.97 Å². The largest absolute Gasteiger partial charge is 0.481 e. The molecule has 0 amide bonds. The average Bonchev–Trinajstić information content (AvgIpc) is 2.99. The number of carboxylic acid groups (broad SMARTS) is 1. The van der Waals surface area contributed by atoms with Crippen molar-refractivity contribution in [1.82, 2.24) is 0 Å². The van der Waals surface area contributed by atoms with Gasteiger partial charge in [0, 0.05) is 0 Å². The van der Waals surface area contributed by atoms with Crippen molar-refractivity contribution in [3.8, 4) is 0 Å². The molecular weight excluding hydrogens is 376 g/mol. The minimum absolute atomic E-state index is 0.132. The van der Waals surface area contributed by atoms with Crippen LogP contribution in [-0.2, 0) is 4.79 Å². The first-order valence-electron chi connectivity index (χ1n) is 12.8. The topological polar surface area (TPSA) is 77.8 Å². The van der Waals surface area contributed by atoms with Crippen molar-refractivity contribution >= 4 is 5.97 Å². The molecule has 5 aliphatic rings. The molecule has 0 bridgehead atoms. The summed E-state index contributed by atoms with van der Waals surface area (Å²) in [6, 6.07) is 0. The molecule has 4 heteroatoms. The van der Waals surface area contributed by atoms with Gasteiger partial charge in [-0.2, -0.15) is 0 Å². The molecule has 12 atom stereocenters. The van der Waals surface area contributed by atoms with E-state index in [4.69, 9.17) is 0 Å². The Balaban J connectivity index is 1.39. The predicted molar refractivity (Wildman–Crippen MR) is 116 cm³/mol. The third-order valence-corrected chi connectivity index (χ3v) is 11.7. The lowest BCUT2D eigenvalue weighted by molar-refractivity contribution is -0.176. The molecule has 0 spiro atoms. The zero-order chi connectivity index (χ0) is 21.4.